The second-order valence-electron chi connectivity index (χ2n) is 8.41. The molecule has 0 aromatic carbocycles. The van der Waals surface area contributed by atoms with Crippen molar-refractivity contribution in [2.75, 3.05) is 0 Å². The zero-order chi connectivity index (χ0) is 22.0. The smallest absolute Gasteiger partial charge is 0.207 e. The van der Waals surface area contributed by atoms with E-state index in [4.69, 9.17) is 12.2 Å². The average Bonchev–Trinajstić information content (AvgIpc) is 2.75. The van der Waals surface area contributed by atoms with Crippen LogP contribution in [-0.4, -0.2) is 17.5 Å². The maximum Gasteiger partial charge on any atom is 0.207 e. The minimum atomic E-state index is 0.460. The van der Waals surface area contributed by atoms with Gasteiger partial charge in [-0.25, -0.2) is 0 Å². The van der Waals surface area contributed by atoms with Crippen molar-refractivity contribution >= 4 is 29.8 Å². The average molecular weight is 439 g/mol. The number of rotatable bonds is 22. The molecular weight excluding hydrogens is 388 g/mol. The van der Waals surface area contributed by atoms with Crippen molar-refractivity contribution in [3.05, 3.63) is 0 Å². The van der Waals surface area contributed by atoms with Crippen LogP contribution in [-0.2, 0) is 0 Å². The molecule has 2 N–H and O–H groups in total. The highest BCUT2D eigenvalue weighted by molar-refractivity contribution is 7.80. The Morgan fingerprint density at radius 1 is 0.533 bits per heavy atom. The lowest BCUT2D eigenvalue weighted by Crippen LogP contribution is -2.28. The third-order valence-electron chi connectivity index (χ3n) is 5.39. The first-order valence-electron chi connectivity index (χ1n) is 12.9. The van der Waals surface area contributed by atoms with Gasteiger partial charge in [0, 0.05) is 12.4 Å². The van der Waals surface area contributed by atoms with Crippen molar-refractivity contribution in [1.82, 2.24) is 10.9 Å². The van der Waals surface area contributed by atoms with Gasteiger partial charge in [0.25, 0.3) is 0 Å². The highest BCUT2D eigenvalue weighted by Crippen LogP contribution is 2.10. The molecule has 30 heavy (non-hydrogen) atoms. The Hall–Kier alpha value is -0.970. The summed E-state index contributed by atoms with van der Waals surface area (Å²) in [5.41, 5.74) is 5.66. The normalized spacial score (nSPS) is 11.5. The third-order valence-corrected chi connectivity index (χ3v) is 5.57. The van der Waals surface area contributed by atoms with E-state index in [1.807, 2.05) is 12.4 Å². The zero-order valence-electron chi connectivity index (χ0n) is 20.1. The highest BCUT2D eigenvalue weighted by Gasteiger charge is 1.93. The minimum Gasteiger partial charge on any atom is -0.253 e. The second kappa shape index (κ2) is 26.1. The molecule has 0 radical (unpaired) electrons. The first kappa shape index (κ1) is 29.0. The van der Waals surface area contributed by atoms with Crippen molar-refractivity contribution in [3.8, 4) is 0 Å². The van der Waals surface area contributed by atoms with Crippen LogP contribution < -0.4 is 10.9 Å². The maximum absolute atomic E-state index is 5.16. The zero-order valence-corrected chi connectivity index (χ0v) is 20.9. The number of unbranched alkanes of at least 4 members (excludes halogenated alkanes) is 18. The van der Waals surface area contributed by atoms with Gasteiger partial charge < -0.3 is 0 Å². The van der Waals surface area contributed by atoms with Crippen molar-refractivity contribution in [2.24, 2.45) is 10.2 Å². The van der Waals surface area contributed by atoms with Gasteiger partial charge in [-0.05, 0) is 37.9 Å². The molecule has 0 unspecified atom stereocenters. The van der Waals surface area contributed by atoms with E-state index in [0.29, 0.717) is 5.11 Å². The Kier molecular flexibility index (Phi) is 25.2. The second-order valence-corrected chi connectivity index (χ2v) is 8.82. The van der Waals surface area contributed by atoms with Crippen LogP contribution in [0.4, 0.5) is 0 Å². The summed E-state index contributed by atoms with van der Waals surface area (Å²) in [6.45, 7) is 4.54. The Balaban J connectivity index is 3.32. The van der Waals surface area contributed by atoms with E-state index >= 15 is 0 Å². The summed E-state index contributed by atoms with van der Waals surface area (Å²) in [5.74, 6) is 0. The molecule has 0 bridgehead atoms. The van der Waals surface area contributed by atoms with Crippen LogP contribution in [0.1, 0.15) is 142 Å². The van der Waals surface area contributed by atoms with Gasteiger partial charge in [0.2, 0.25) is 5.11 Å². The molecule has 0 aliphatic heterocycles. The maximum atomic E-state index is 5.16. The van der Waals surface area contributed by atoms with Gasteiger partial charge >= 0.3 is 0 Å². The Morgan fingerprint density at radius 2 is 0.833 bits per heavy atom. The molecule has 5 heteroatoms. The molecular formula is C25H50N4S. The summed E-state index contributed by atoms with van der Waals surface area (Å²) in [4.78, 5) is 0. The lowest BCUT2D eigenvalue weighted by atomic mass is 10.1. The molecule has 176 valence electrons. The number of thiocarbonyl (C=S) groups is 1. The molecule has 0 fully saturated rings. The van der Waals surface area contributed by atoms with E-state index in [-0.39, 0.29) is 0 Å². The van der Waals surface area contributed by atoms with Gasteiger partial charge in [0.05, 0.1) is 0 Å². The van der Waals surface area contributed by atoms with Gasteiger partial charge in [-0.15, -0.1) is 0 Å². The molecule has 0 rings (SSSR count). The van der Waals surface area contributed by atoms with Crippen LogP contribution in [0, 0.1) is 0 Å². The highest BCUT2D eigenvalue weighted by atomic mass is 32.1. The van der Waals surface area contributed by atoms with Crippen LogP contribution in [0.25, 0.3) is 0 Å². The summed E-state index contributed by atoms with van der Waals surface area (Å²) < 4.78 is 0. The first-order valence-corrected chi connectivity index (χ1v) is 13.3. The monoisotopic (exact) mass is 438 g/mol. The minimum absolute atomic E-state index is 0.460. The summed E-state index contributed by atoms with van der Waals surface area (Å²) in [6.07, 6.45) is 30.2. The molecule has 0 aliphatic carbocycles. The molecule has 0 saturated carbocycles. The largest absolute Gasteiger partial charge is 0.253 e. The van der Waals surface area contributed by atoms with E-state index in [1.54, 1.807) is 0 Å². The summed E-state index contributed by atoms with van der Waals surface area (Å²) >= 11 is 5.16. The van der Waals surface area contributed by atoms with Gasteiger partial charge in [0.15, 0.2) is 0 Å². The molecule has 0 saturated heterocycles. The predicted octanol–water partition coefficient (Wildman–Crippen LogP) is 8.26. The van der Waals surface area contributed by atoms with E-state index in [9.17, 15) is 0 Å². The lowest BCUT2D eigenvalue weighted by molar-refractivity contribution is 0.568. The Morgan fingerprint density at radius 3 is 1.17 bits per heavy atom. The molecule has 0 aromatic heterocycles. The quantitative estimate of drug-likeness (QED) is 0.0773. The summed E-state index contributed by atoms with van der Waals surface area (Å²) in [5, 5.41) is 8.78. The first-order chi connectivity index (χ1) is 14.8. The Labute approximate surface area is 193 Å². The number of hydrogen-bond acceptors (Lipinski definition) is 3. The molecule has 0 atom stereocenters. The van der Waals surface area contributed by atoms with Crippen molar-refractivity contribution in [3.63, 3.8) is 0 Å². The number of hydrazone groups is 2. The molecule has 0 aliphatic rings. The van der Waals surface area contributed by atoms with Crippen LogP contribution in [0.2, 0.25) is 0 Å². The molecule has 0 spiro atoms. The Bertz CT molecular complexity index is 374. The van der Waals surface area contributed by atoms with Gasteiger partial charge in [-0.2, -0.15) is 10.2 Å². The number of hydrogen-bond donors (Lipinski definition) is 2. The third kappa shape index (κ3) is 25.1. The van der Waals surface area contributed by atoms with Crippen molar-refractivity contribution in [1.29, 1.82) is 0 Å². The van der Waals surface area contributed by atoms with Crippen molar-refractivity contribution in [2.45, 2.75) is 142 Å². The van der Waals surface area contributed by atoms with E-state index < -0.39 is 0 Å². The molecule has 4 nitrogen and oxygen atoms in total. The van der Waals surface area contributed by atoms with Gasteiger partial charge in [-0.1, -0.05) is 117 Å². The summed E-state index contributed by atoms with van der Waals surface area (Å²) in [6, 6.07) is 0. The fraction of sp³-hybridized carbons (Fsp3) is 0.880. The number of nitrogens with one attached hydrogen (secondary N) is 2. The van der Waals surface area contributed by atoms with E-state index in [0.717, 1.165) is 12.8 Å². The standard InChI is InChI=1S/C25H50N4S/c1-3-5-7-9-11-13-15-17-19-21-23-26-28-25(30)29-27-24-22-20-18-16-14-12-10-8-6-4-2/h23-24H,3-22H2,1-2H3,(H2,28,29,30)/b26-23-,27-24?. The fourth-order valence-corrected chi connectivity index (χ4v) is 3.56. The van der Waals surface area contributed by atoms with Crippen LogP contribution in [0.3, 0.4) is 0 Å². The lowest BCUT2D eigenvalue weighted by Gasteiger charge is -2.02. The molecule has 0 amide bonds. The van der Waals surface area contributed by atoms with Gasteiger partial charge in [0.1, 0.15) is 0 Å². The van der Waals surface area contributed by atoms with Gasteiger partial charge in [-0.3, -0.25) is 10.9 Å². The van der Waals surface area contributed by atoms with Crippen LogP contribution in [0.15, 0.2) is 10.2 Å². The molecule has 0 heterocycles. The van der Waals surface area contributed by atoms with Crippen LogP contribution in [0.5, 0.6) is 0 Å². The fourth-order valence-electron chi connectivity index (χ4n) is 3.46. The molecule has 0 aromatic rings. The summed E-state index contributed by atoms with van der Waals surface area (Å²) in [7, 11) is 0. The number of nitrogens with zero attached hydrogens (tertiary/aromatic N) is 2. The SMILES string of the molecule is CCCCCCCCCCCC=NNC(=S)N/N=C\CCCCCCCCCCC. The van der Waals surface area contributed by atoms with Crippen LogP contribution >= 0.6 is 12.2 Å². The topological polar surface area (TPSA) is 48.8 Å². The van der Waals surface area contributed by atoms with E-state index in [1.165, 1.54) is 116 Å². The van der Waals surface area contributed by atoms with E-state index in [2.05, 4.69) is 34.9 Å². The van der Waals surface area contributed by atoms with Crippen molar-refractivity contribution < 1.29 is 0 Å². The predicted molar refractivity (Wildman–Crippen MR) is 140 cm³/mol.